The summed E-state index contributed by atoms with van der Waals surface area (Å²) >= 11 is 0. The van der Waals surface area contributed by atoms with Gasteiger partial charge in [-0.3, -0.25) is 0 Å². The smallest absolute Gasteiger partial charge is 0.253 e. The zero-order valence-corrected chi connectivity index (χ0v) is 12.1. The summed E-state index contributed by atoms with van der Waals surface area (Å²) in [7, 11) is 0. The van der Waals surface area contributed by atoms with Gasteiger partial charge in [0.25, 0.3) is 5.79 Å². The first-order valence-corrected chi connectivity index (χ1v) is 7.18. The first kappa shape index (κ1) is 13.6. The number of hydrogen-bond donors (Lipinski definition) is 1. The van der Waals surface area contributed by atoms with Crippen molar-refractivity contribution < 1.29 is 4.39 Å². The van der Waals surface area contributed by atoms with Crippen LogP contribution in [-0.4, -0.2) is 15.8 Å². The van der Waals surface area contributed by atoms with E-state index in [1.807, 2.05) is 12.1 Å². The van der Waals surface area contributed by atoms with E-state index in [4.69, 9.17) is 5.73 Å². The molecule has 5 heteroatoms. The lowest BCUT2D eigenvalue weighted by Crippen LogP contribution is -2.16. The molecule has 0 saturated heterocycles. The molecule has 1 aliphatic rings. The van der Waals surface area contributed by atoms with E-state index in [-0.39, 0.29) is 5.84 Å². The van der Waals surface area contributed by atoms with E-state index >= 15 is 4.39 Å². The van der Waals surface area contributed by atoms with Crippen LogP contribution in [0.15, 0.2) is 72.2 Å². The van der Waals surface area contributed by atoms with Crippen molar-refractivity contribution in [3.63, 3.8) is 0 Å². The molecule has 0 amide bonds. The van der Waals surface area contributed by atoms with Gasteiger partial charge in [0.2, 0.25) is 0 Å². The highest BCUT2D eigenvalue weighted by atomic mass is 19.1. The number of amidine groups is 1. The van der Waals surface area contributed by atoms with Crippen LogP contribution in [0.2, 0.25) is 0 Å². The Kier molecular flexibility index (Phi) is 2.94. The maximum atomic E-state index is 15.7. The Morgan fingerprint density at radius 2 is 1.70 bits per heavy atom. The number of nitrogens with zero attached hydrogens (tertiary/aromatic N) is 3. The first-order chi connectivity index (χ1) is 11.2. The Morgan fingerprint density at radius 1 is 0.913 bits per heavy atom. The minimum atomic E-state index is -1.97. The average molecular weight is 304 g/mol. The van der Waals surface area contributed by atoms with Crippen molar-refractivity contribution in [3.05, 3.63) is 83.9 Å². The highest BCUT2D eigenvalue weighted by Gasteiger charge is 2.41. The quantitative estimate of drug-likeness (QED) is 0.740. The molecule has 1 atom stereocenters. The molecule has 0 spiro atoms. The van der Waals surface area contributed by atoms with Crippen molar-refractivity contribution in [1.82, 2.24) is 9.97 Å². The second-order valence-electron chi connectivity index (χ2n) is 5.37. The molecular weight excluding hydrogens is 291 g/mol. The fourth-order valence-electron chi connectivity index (χ4n) is 2.85. The second kappa shape index (κ2) is 4.98. The van der Waals surface area contributed by atoms with Gasteiger partial charge in [-0.05, 0) is 11.6 Å². The molecule has 0 bridgehead atoms. The number of aromatic nitrogens is 2. The molecule has 4 rings (SSSR count). The summed E-state index contributed by atoms with van der Waals surface area (Å²) in [5.74, 6) is -1.75. The topological polar surface area (TPSA) is 64.2 Å². The number of nitrogens with two attached hydrogens (primary N) is 1. The van der Waals surface area contributed by atoms with E-state index in [1.165, 1.54) is 6.33 Å². The molecular formula is C18H13FN4. The molecule has 1 aliphatic heterocycles. The highest BCUT2D eigenvalue weighted by molar-refractivity contribution is 6.02. The van der Waals surface area contributed by atoms with Crippen LogP contribution in [0, 0.1) is 0 Å². The van der Waals surface area contributed by atoms with Crippen LogP contribution in [0.5, 0.6) is 0 Å². The van der Waals surface area contributed by atoms with Crippen molar-refractivity contribution in [2.75, 3.05) is 0 Å². The molecule has 0 radical (unpaired) electrons. The van der Waals surface area contributed by atoms with Crippen LogP contribution in [0.25, 0.3) is 11.1 Å². The zero-order valence-electron chi connectivity index (χ0n) is 12.1. The Balaban J connectivity index is 1.86. The molecule has 1 aromatic heterocycles. The van der Waals surface area contributed by atoms with E-state index in [2.05, 4.69) is 15.0 Å². The largest absolute Gasteiger partial charge is 0.383 e. The van der Waals surface area contributed by atoms with Crippen molar-refractivity contribution in [2.24, 2.45) is 10.7 Å². The Morgan fingerprint density at radius 3 is 2.52 bits per heavy atom. The van der Waals surface area contributed by atoms with Crippen LogP contribution in [0.1, 0.15) is 16.7 Å². The van der Waals surface area contributed by atoms with Gasteiger partial charge in [0, 0.05) is 34.6 Å². The number of alkyl halides is 1. The summed E-state index contributed by atoms with van der Waals surface area (Å²) in [4.78, 5) is 12.1. The van der Waals surface area contributed by atoms with Gasteiger partial charge in [0.05, 0.1) is 0 Å². The van der Waals surface area contributed by atoms with Gasteiger partial charge in [-0.2, -0.15) is 0 Å². The SMILES string of the molecule is NC1=NC(F)(c2cccc(-c3cncnc3)c2)c2ccccc21. The fourth-order valence-corrected chi connectivity index (χ4v) is 2.85. The second-order valence-corrected chi connectivity index (χ2v) is 5.37. The minimum absolute atomic E-state index is 0.219. The monoisotopic (exact) mass is 304 g/mol. The van der Waals surface area contributed by atoms with Gasteiger partial charge >= 0.3 is 0 Å². The van der Waals surface area contributed by atoms with Crippen LogP contribution in [0.3, 0.4) is 0 Å². The third-order valence-corrected chi connectivity index (χ3v) is 3.97. The van der Waals surface area contributed by atoms with Gasteiger partial charge in [-0.1, -0.05) is 42.5 Å². The van der Waals surface area contributed by atoms with Crippen molar-refractivity contribution in [3.8, 4) is 11.1 Å². The van der Waals surface area contributed by atoms with Crippen LogP contribution < -0.4 is 5.73 Å². The van der Waals surface area contributed by atoms with Crippen LogP contribution in [0.4, 0.5) is 4.39 Å². The molecule has 112 valence electrons. The van der Waals surface area contributed by atoms with Gasteiger partial charge in [0.1, 0.15) is 12.2 Å². The number of hydrogen-bond acceptors (Lipinski definition) is 4. The summed E-state index contributed by atoms with van der Waals surface area (Å²) in [6, 6.07) is 14.3. The molecule has 2 N–H and O–H groups in total. The van der Waals surface area contributed by atoms with Gasteiger partial charge in [-0.15, -0.1) is 0 Å². The molecule has 23 heavy (non-hydrogen) atoms. The molecule has 2 heterocycles. The highest BCUT2D eigenvalue weighted by Crippen LogP contribution is 2.42. The summed E-state index contributed by atoms with van der Waals surface area (Å²) in [6.07, 6.45) is 4.84. The van der Waals surface area contributed by atoms with E-state index in [9.17, 15) is 0 Å². The molecule has 0 saturated carbocycles. The molecule has 3 aromatic rings. The first-order valence-electron chi connectivity index (χ1n) is 7.18. The average Bonchev–Trinajstić information content (AvgIpc) is 2.88. The molecule has 0 fully saturated rings. The van der Waals surface area contributed by atoms with Gasteiger partial charge in [-0.25, -0.2) is 19.4 Å². The lowest BCUT2D eigenvalue weighted by molar-refractivity contribution is 0.242. The van der Waals surface area contributed by atoms with Crippen molar-refractivity contribution in [1.29, 1.82) is 0 Å². The van der Waals surface area contributed by atoms with Crippen LogP contribution in [-0.2, 0) is 5.79 Å². The number of halogens is 1. The third kappa shape index (κ3) is 2.09. The van der Waals surface area contributed by atoms with E-state index < -0.39 is 5.79 Å². The molecule has 4 nitrogen and oxygen atoms in total. The Hall–Kier alpha value is -3.08. The molecule has 2 aromatic carbocycles. The predicted molar refractivity (Wildman–Crippen MR) is 86.5 cm³/mol. The van der Waals surface area contributed by atoms with Crippen molar-refractivity contribution in [2.45, 2.75) is 5.79 Å². The summed E-state index contributed by atoms with van der Waals surface area (Å²) in [6.45, 7) is 0. The van der Waals surface area contributed by atoms with Crippen molar-refractivity contribution >= 4 is 5.84 Å². The Bertz CT molecular complexity index is 908. The molecule has 1 unspecified atom stereocenters. The lowest BCUT2D eigenvalue weighted by Gasteiger charge is -2.19. The van der Waals surface area contributed by atoms with E-state index in [0.29, 0.717) is 16.7 Å². The maximum absolute atomic E-state index is 15.7. The minimum Gasteiger partial charge on any atom is -0.383 e. The number of benzene rings is 2. The predicted octanol–water partition coefficient (Wildman–Crippen LogP) is 3.03. The number of aliphatic imine (C=N–C) groups is 1. The number of fused-ring (bicyclic) bond motifs is 1. The normalized spacial score (nSPS) is 19.3. The molecule has 0 aliphatic carbocycles. The van der Waals surface area contributed by atoms with E-state index in [1.54, 1.807) is 48.8 Å². The Labute approximate surface area is 132 Å². The summed E-state index contributed by atoms with van der Waals surface area (Å²) in [5.41, 5.74) is 9.10. The maximum Gasteiger partial charge on any atom is 0.253 e. The zero-order chi connectivity index (χ0) is 15.9. The lowest BCUT2D eigenvalue weighted by atomic mass is 9.93. The third-order valence-electron chi connectivity index (χ3n) is 3.97. The number of rotatable bonds is 2. The summed E-state index contributed by atoms with van der Waals surface area (Å²) in [5, 5.41) is 0. The van der Waals surface area contributed by atoms with Crippen LogP contribution >= 0.6 is 0 Å². The van der Waals surface area contributed by atoms with E-state index in [0.717, 1.165) is 11.1 Å². The summed E-state index contributed by atoms with van der Waals surface area (Å²) < 4.78 is 15.7. The fraction of sp³-hybridized carbons (Fsp3) is 0.0556. The standard InChI is InChI=1S/C18H13FN4/c19-18(16-7-2-1-6-15(16)17(20)23-18)14-5-3-4-12(8-14)13-9-21-11-22-10-13/h1-11H,(H2,20,23). The van der Waals surface area contributed by atoms with Gasteiger partial charge in [0.15, 0.2) is 0 Å². The van der Waals surface area contributed by atoms with Gasteiger partial charge < -0.3 is 5.73 Å².